The highest BCUT2D eigenvalue weighted by atomic mass is 19.1. The van der Waals surface area contributed by atoms with Crippen molar-refractivity contribution in [3.8, 4) is 0 Å². The highest BCUT2D eigenvalue weighted by molar-refractivity contribution is 5.97. The minimum Gasteiger partial charge on any atom is -0.283 e. The number of rotatable bonds is 3. The molecule has 3 heteroatoms. The predicted molar refractivity (Wildman–Crippen MR) is 124 cm³/mol. The van der Waals surface area contributed by atoms with Gasteiger partial charge >= 0.3 is 0 Å². The number of halogens is 1. The van der Waals surface area contributed by atoms with Gasteiger partial charge in [-0.2, -0.15) is 0 Å². The molecule has 1 heterocycles. The van der Waals surface area contributed by atoms with Gasteiger partial charge in [0.15, 0.2) is 0 Å². The number of aromatic nitrogens is 1. The summed E-state index contributed by atoms with van der Waals surface area (Å²) in [4.78, 5) is 13.5. The maximum Gasteiger partial charge on any atom is 0.235 e. The summed E-state index contributed by atoms with van der Waals surface area (Å²) in [7, 11) is 0. The summed E-state index contributed by atoms with van der Waals surface area (Å²) in [6, 6.07) is 12.7. The quantitative estimate of drug-likeness (QED) is 0.413. The summed E-state index contributed by atoms with van der Waals surface area (Å²) in [5.74, 6) is 0.872. The fourth-order valence-electron chi connectivity index (χ4n) is 4.77. The fourth-order valence-corrected chi connectivity index (χ4v) is 4.77. The lowest BCUT2D eigenvalue weighted by molar-refractivity contribution is 0.0914. The maximum atomic E-state index is 13.5. The van der Waals surface area contributed by atoms with Crippen molar-refractivity contribution in [3.05, 3.63) is 70.7 Å². The van der Waals surface area contributed by atoms with E-state index in [1.165, 1.54) is 40.8 Å². The lowest BCUT2D eigenvalue weighted by Crippen LogP contribution is -2.19. The molecule has 0 N–H and O–H groups in total. The van der Waals surface area contributed by atoms with Gasteiger partial charge < -0.3 is 0 Å². The lowest BCUT2D eigenvalue weighted by Gasteiger charge is -2.19. The van der Waals surface area contributed by atoms with E-state index in [1.54, 1.807) is 12.1 Å². The Hall–Kier alpha value is -2.42. The van der Waals surface area contributed by atoms with Crippen LogP contribution >= 0.6 is 0 Å². The van der Waals surface area contributed by atoms with E-state index >= 15 is 0 Å². The van der Waals surface area contributed by atoms with Gasteiger partial charge in [0.2, 0.25) is 5.91 Å². The molecule has 0 saturated heterocycles. The van der Waals surface area contributed by atoms with Crippen LogP contribution in [0.25, 0.3) is 10.9 Å². The van der Waals surface area contributed by atoms with Gasteiger partial charge in [-0.1, -0.05) is 51.5 Å². The van der Waals surface area contributed by atoms with Crippen molar-refractivity contribution in [3.63, 3.8) is 0 Å². The van der Waals surface area contributed by atoms with Crippen molar-refractivity contribution < 1.29 is 9.18 Å². The highest BCUT2D eigenvalue weighted by Crippen LogP contribution is 2.41. The van der Waals surface area contributed by atoms with Crippen LogP contribution in [0.3, 0.4) is 0 Å². The van der Waals surface area contributed by atoms with Crippen LogP contribution in [0.1, 0.15) is 80.1 Å². The molecule has 1 aromatic heterocycles. The van der Waals surface area contributed by atoms with Gasteiger partial charge in [-0.05, 0) is 79.8 Å². The third-order valence-corrected chi connectivity index (χ3v) is 6.24. The number of fused-ring (bicyclic) bond motifs is 3. The van der Waals surface area contributed by atoms with Gasteiger partial charge in [-0.3, -0.25) is 9.36 Å². The number of hydrogen-bond acceptors (Lipinski definition) is 1. The van der Waals surface area contributed by atoms with Crippen molar-refractivity contribution in [1.29, 1.82) is 0 Å². The summed E-state index contributed by atoms with van der Waals surface area (Å²) in [5, 5.41) is 1.23. The number of carbonyl (C=O) groups excluding carboxylic acids is 1. The van der Waals surface area contributed by atoms with E-state index in [1.807, 2.05) is 18.4 Å². The standard InChI is InChI=1S/C25H28FNO.C2H6/c1-4-19-13-16(2)5-11-21-22-14-17(3)6-12-23(22)27(25(19)21)24(28)15-18-7-9-20(26)10-8-18;1-2/h6-10,12,14,16,19H,4-5,11,13,15H2,1-3H3;1-2H3. The van der Waals surface area contributed by atoms with Crippen LogP contribution in [0.15, 0.2) is 42.5 Å². The summed E-state index contributed by atoms with van der Waals surface area (Å²) >= 11 is 0. The van der Waals surface area contributed by atoms with E-state index < -0.39 is 0 Å². The minimum atomic E-state index is -0.271. The van der Waals surface area contributed by atoms with E-state index in [4.69, 9.17) is 0 Å². The van der Waals surface area contributed by atoms with E-state index in [0.717, 1.165) is 30.3 Å². The SMILES string of the molecule is CC.CCC1CC(C)CCc2c1n(C(=O)Cc1ccc(F)cc1)c1ccc(C)cc21. The van der Waals surface area contributed by atoms with Crippen LogP contribution in [0.4, 0.5) is 4.39 Å². The van der Waals surface area contributed by atoms with Crippen molar-refractivity contribution in [2.24, 2.45) is 5.92 Å². The van der Waals surface area contributed by atoms with Crippen molar-refractivity contribution in [1.82, 2.24) is 4.57 Å². The molecule has 3 aromatic rings. The van der Waals surface area contributed by atoms with Crippen LogP contribution in [0.5, 0.6) is 0 Å². The molecule has 0 bridgehead atoms. The van der Waals surface area contributed by atoms with E-state index in [9.17, 15) is 9.18 Å². The van der Waals surface area contributed by atoms with E-state index in [2.05, 4.69) is 39.0 Å². The Kier molecular flexibility index (Phi) is 7.12. The number of carbonyl (C=O) groups is 1. The van der Waals surface area contributed by atoms with Gasteiger partial charge in [0.25, 0.3) is 0 Å². The molecule has 4 rings (SSSR count). The molecule has 160 valence electrons. The van der Waals surface area contributed by atoms with E-state index in [0.29, 0.717) is 11.8 Å². The third-order valence-electron chi connectivity index (χ3n) is 6.24. The number of aryl methyl sites for hydroxylation is 2. The third kappa shape index (κ3) is 4.35. The van der Waals surface area contributed by atoms with Gasteiger partial charge in [0.05, 0.1) is 11.9 Å². The average molecular weight is 408 g/mol. The zero-order chi connectivity index (χ0) is 21.8. The van der Waals surface area contributed by atoms with Gasteiger partial charge in [0.1, 0.15) is 5.82 Å². The van der Waals surface area contributed by atoms with Crippen LogP contribution in [-0.2, 0) is 12.8 Å². The normalized spacial score (nSPS) is 18.3. The summed E-state index contributed by atoms with van der Waals surface area (Å²) < 4.78 is 15.2. The zero-order valence-electron chi connectivity index (χ0n) is 19.0. The molecule has 2 unspecified atom stereocenters. The second kappa shape index (κ2) is 9.59. The predicted octanol–water partition coefficient (Wildman–Crippen LogP) is 7.46. The first-order valence-electron chi connectivity index (χ1n) is 11.4. The Morgan fingerprint density at radius 3 is 2.50 bits per heavy atom. The van der Waals surface area contributed by atoms with Crippen LogP contribution in [0.2, 0.25) is 0 Å². The topological polar surface area (TPSA) is 22.0 Å². The summed E-state index contributed by atoms with van der Waals surface area (Å²) in [6.07, 6.45) is 4.65. The maximum absolute atomic E-state index is 13.5. The molecule has 30 heavy (non-hydrogen) atoms. The Morgan fingerprint density at radius 2 is 1.83 bits per heavy atom. The number of nitrogens with zero attached hydrogens (tertiary/aromatic N) is 1. The van der Waals surface area contributed by atoms with Crippen LogP contribution in [-0.4, -0.2) is 10.5 Å². The molecule has 2 aromatic carbocycles. The first kappa shape index (κ1) is 22.3. The lowest BCUT2D eigenvalue weighted by atomic mass is 9.91. The smallest absolute Gasteiger partial charge is 0.235 e. The molecular weight excluding hydrogens is 373 g/mol. The van der Waals surface area contributed by atoms with Gasteiger partial charge in [-0.25, -0.2) is 4.39 Å². The van der Waals surface area contributed by atoms with Crippen molar-refractivity contribution in [2.45, 2.75) is 72.6 Å². The van der Waals surface area contributed by atoms with Crippen molar-refractivity contribution in [2.75, 3.05) is 0 Å². The molecule has 2 atom stereocenters. The Morgan fingerprint density at radius 1 is 1.13 bits per heavy atom. The second-order valence-electron chi connectivity index (χ2n) is 8.40. The first-order chi connectivity index (χ1) is 14.5. The average Bonchev–Trinajstić information content (AvgIpc) is 2.96. The Bertz CT molecular complexity index is 1020. The minimum absolute atomic E-state index is 0.0784. The molecule has 0 amide bonds. The Labute approximate surface area is 180 Å². The number of hydrogen-bond donors (Lipinski definition) is 0. The molecule has 0 aliphatic heterocycles. The fraction of sp³-hybridized carbons (Fsp3) is 0.444. The zero-order valence-corrected chi connectivity index (χ0v) is 19.0. The largest absolute Gasteiger partial charge is 0.283 e. The van der Waals surface area contributed by atoms with Crippen LogP contribution < -0.4 is 0 Å². The van der Waals surface area contributed by atoms with Gasteiger partial charge in [0, 0.05) is 11.1 Å². The molecule has 1 aliphatic rings. The molecule has 0 radical (unpaired) electrons. The highest BCUT2D eigenvalue weighted by Gasteiger charge is 2.30. The van der Waals surface area contributed by atoms with Gasteiger partial charge in [-0.15, -0.1) is 0 Å². The summed E-state index contributed by atoms with van der Waals surface area (Å²) in [5.41, 5.74) is 5.69. The first-order valence-corrected chi connectivity index (χ1v) is 11.4. The Balaban J connectivity index is 0.00000124. The number of benzene rings is 2. The van der Waals surface area contributed by atoms with E-state index in [-0.39, 0.29) is 18.1 Å². The molecule has 2 nitrogen and oxygen atoms in total. The molecule has 1 aliphatic carbocycles. The molecule has 0 spiro atoms. The second-order valence-corrected chi connectivity index (χ2v) is 8.40. The molecular formula is C27H34FNO. The summed E-state index contributed by atoms with van der Waals surface area (Å²) in [6.45, 7) is 10.7. The molecule has 0 fully saturated rings. The molecule has 0 saturated carbocycles. The van der Waals surface area contributed by atoms with Crippen molar-refractivity contribution >= 4 is 16.8 Å². The monoisotopic (exact) mass is 407 g/mol. The van der Waals surface area contributed by atoms with Crippen LogP contribution in [0, 0.1) is 18.7 Å².